The van der Waals surface area contributed by atoms with Gasteiger partial charge in [0.15, 0.2) is 5.17 Å². The molecule has 0 unspecified atom stereocenters. The number of nitrogens with zero attached hydrogens (tertiary/aromatic N) is 2. The molecule has 2 aliphatic heterocycles. The Morgan fingerprint density at radius 3 is 2.66 bits per heavy atom. The van der Waals surface area contributed by atoms with Crippen molar-refractivity contribution in [3.8, 4) is 11.3 Å². The first-order valence-electron chi connectivity index (χ1n) is 9.79. The number of carbonyl (C=O) groups is 2. The van der Waals surface area contributed by atoms with Gasteiger partial charge in [0.05, 0.1) is 17.1 Å². The Morgan fingerprint density at radius 2 is 1.93 bits per heavy atom. The van der Waals surface area contributed by atoms with E-state index < -0.39 is 0 Å². The van der Waals surface area contributed by atoms with Crippen LogP contribution in [0.2, 0.25) is 0 Å². The summed E-state index contributed by atoms with van der Waals surface area (Å²) < 4.78 is 10.9. The molecule has 29 heavy (non-hydrogen) atoms. The van der Waals surface area contributed by atoms with Crippen LogP contribution in [0.15, 0.2) is 50.7 Å². The Labute approximate surface area is 173 Å². The van der Waals surface area contributed by atoms with Gasteiger partial charge in [0.1, 0.15) is 11.5 Å². The van der Waals surface area contributed by atoms with Crippen LogP contribution in [-0.4, -0.2) is 41.6 Å². The molecule has 2 aliphatic rings. The number of hydrogen-bond donors (Lipinski definition) is 0. The number of rotatable bonds is 4. The number of amides is 1. The highest BCUT2D eigenvalue weighted by molar-refractivity contribution is 8.18. The molecule has 7 heteroatoms. The van der Waals surface area contributed by atoms with Crippen molar-refractivity contribution in [1.82, 2.24) is 4.90 Å². The van der Waals surface area contributed by atoms with Crippen molar-refractivity contribution in [2.24, 2.45) is 4.99 Å². The summed E-state index contributed by atoms with van der Waals surface area (Å²) >= 11 is 1.41. The number of aliphatic imine (C=N–C) groups is 1. The van der Waals surface area contributed by atoms with Crippen LogP contribution < -0.4 is 0 Å². The van der Waals surface area contributed by atoms with Crippen LogP contribution in [0, 0.1) is 0 Å². The Morgan fingerprint density at radius 1 is 1.17 bits per heavy atom. The molecule has 1 aromatic heterocycles. The van der Waals surface area contributed by atoms with Crippen LogP contribution in [0.4, 0.5) is 0 Å². The molecule has 1 amide bonds. The van der Waals surface area contributed by atoms with Gasteiger partial charge < -0.3 is 14.1 Å². The number of benzene rings is 1. The lowest BCUT2D eigenvalue weighted by atomic mass is 10.1. The second-order valence-corrected chi connectivity index (χ2v) is 7.87. The van der Waals surface area contributed by atoms with Crippen LogP contribution in [0.3, 0.4) is 0 Å². The standard InChI is InChI=1S/C22H22N2O4S/c1-2-27-21(26)16-8-6-15(7-9-16)18-11-10-17(28-18)14-19-20(25)23-22(29-19)24-12-4-3-5-13-24/h6-11,14H,2-5,12-13H2,1H3/b19-14+. The highest BCUT2D eigenvalue weighted by Crippen LogP contribution is 2.32. The van der Waals surface area contributed by atoms with E-state index in [0.29, 0.717) is 28.6 Å². The summed E-state index contributed by atoms with van der Waals surface area (Å²) in [5.41, 5.74) is 1.35. The number of furan rings is 1. The minimum atomic E-state index is -0.342. The van der Waals surface area contributed by atoms with E-state index in [1.807, 2.05) is 24.3 Å². The third kappa shape index (κ3) is 4.45. The molecule has 3 heterocycles. The first kappa shape index (κ1) is 19.5. The zero-order chi connectivity index (χ0) is 20.2. The maximum absolute atomic E-state index is 12.3. The molecule has 0 spiro atoms. The number of hydrogen-bond acceptors (Lipinski definition) is 6. The first-order chi connectivity index (χ1) is 14.1. The Bertz CT molecular complexity index is 969. The summed E-state index contributed by atoms with van der Waals surface area (Å²) in [6, 6.07) is 10.7. The predicted octanol–water partition coefficient (Wildman–Crippen LogP) is 4.58. The van der Waals surface area contributed by atoms with E-state index in [-0.39, 0.29) is 11.9 Å². The van der Waals surface area contributed by atoms with Crippen molar-refractivity contribution in [3.05, 3.63) is 52.6 Å². The second kappa shape index (κ2) is 8.69. The number of amidine groups is 1. The number of thioether (sulfide) groups is 1. The fourth-order valence-corrected chi connectivity index (χ4v) is 4.26. The quantitative estimate of drug-likeness (QED) is 0.543. The highest BCUT2D eigenvalue weighted by atomic mass is 32.2. The summed E-state index contributed by atoms with van der Waals surface area (Å²) in [7, 11) is 0. The third-order valence-corrected chi connectivity index (χ3v) is 5.86. The number of ether oxygens (including phenoxy) is 1. The van der Waals surface area contributed by atoms with E-state index in [2.05, 4.69) is 9.89 Å². The Kier molecular flexibility index (Phi) is 5.85. The topological polar surface area (TPSA) is 72.1 Å². The second-order valence-electron chi connectivity index (χ2n) is 6.86. The molecule has 1 saturated heterocycles. The number of esters is 1. The smallest absolute Gasteiger partial charge is 0.338 e. The maximum Gasteiger partial charge on any atom is 0.338 e. The van der Waals surface area contributed by atoms with Gasteiger partial charge in [-0.05, 0) is 62.2 Å². The SMILES string of the molecule is CCOC(=O)c1ccc(-c2ccc(/C=C3/SC(N4CCCCC4)=NC3=O)o2)cc1. The van der Waals surface area contributed by atoms with Crippen LogP contribution >= 0.6 is 11.8 Å². The molecule has 150 valence electrons. The molecule has 0 radical (unpaired) electrons. The molecule has 0 bridgehead atoms. The van der Waals surface area contributed by atoms with E-state index in [9.17, 15) is 9.59 Å². The lowest BCUT2D eigenvalue weighted by molar-refractivity contribution is -0.113. The monoisotopic (exact) mass is 410 g/mol. The van der Waals surface area contributed by atoms with E-state index in [0.717, 1.165) is 36.7 Å². The molecule has 6 nitrogen and oxygen atoms in total. The van der Waals surface area contributed by atoms with Crippen molar-refractivity contribution < 1.29 is 18.7 Å². The molecule has 0 atom stereocenters. The molecule has 4 rings (SSSR count). The van der Waals surface area contributed by atoms with Gasteiger partial charge in [0, 0.05) is 24.7 Å². The van der Waals surface area contributed by atoms with Gasteiger partial charge in [0.2, 0.25) is 0 Å². The molecule has 0 saturated carbocycles. The van der Waals surface area contributed by atoms with Crippen molar-refractivity contribution in [1.29, 1.82) is 0 Å². The van der Waals surface area contributed by atoms with Crippen LogP contribution in [0.5, 0.6) is 0 Å². The van der Waals surface area contributed by atoms with Gasteiger partial charge in [-0.25, -0.2) is 4.79 Å². The van der Waals surface area contributed by atoms with E-state index in [1.165, 1.54) is 18.2 Å². The van der Waals surface area contributed by atoms with Gasteiger partial charge in [0.25, 0.3) is 5.91 Å². The molecule has 0 aliphatic carbocycles. The fourth-order valence-electron chi connectivity index (χ4n) is 3.32. The normalized spacial score (nSPS) is 18.2. The number of likely N-dealkylation sites (tertiary alicyclic amines) is 1. The lowest BCUT2D eigenvalue weighted by Crippen LogP contribution is -2.33. The zero-order valence-electron chi connectivity index (χ0n) is 16.2. The van der Waals surface area contributed by atoms with Gasteiger partial charge >= 0.3 is 5.97 Å². The molecular weight excluding hydrogens is 388 g/mol. The Balaban J connectivity index is 1.45. The molecular formula is C22H22N2O4S. The van der Waals surface area contributed by atoms with E-state index in [1.54, 1.807) is 25.1 Å². The largest absolute Gasteiger partial charge is 0.462 e. The van der Waals surface area contributed by atoms with Crippen molar-refractivity contribution in [2.75, 3.05) is 19.7 Å². The number of carbonyl (C=O) groups excluding carboxylic acids is 2. The van der Waals surface area contributed by atoms with Crippen molar-refractivity contribution in [2.45, 2.75) is 26.2 Å². The summed E-state index contributed by atoms with van der Waals surface area (Å²) in [6.45, 7) is 4.04. The zero-order valence-corrected chi connectivity index (χ0v) is 17.0. The minimum Gasteiger partial charge on any atom is -0.462 e. The number of piperidine rings is 1. The van der Waals surface area contributed by atoms with Gasteiger partial charge in [-0.1, -0.05) is 12.1 Å². The summed E-state index contributed by atoms with van der Waals surface area (Å²) in [4.78, 5) is 31.0. The average molecular weight is 410 g/mol. The van der Waals surface area contributed by atoms with Crippen LogP contribution in [0.1, 0.15) is 42.3 Å². The van der Waals surface area contributed by atoms with Crippen molar-refractivity contribution in [3.63, 3.8) is 0 Å². The summed E-state index contributed by atoms with van der Waals surface area (Å²) in [6.07, 6.45) is 5.26. The summed E-state index contributed by atoms with van der Waals surface area (Å²) in [5, 5.41) is 0.794. The third-order valence-electron chi connectivity index (χ3n) is 4.82. The molecule has 2 aromatic rings. The summed E-state index contributed by atoms with van der Waals surface area (Å²) in [5.74, 6) is 0.706. The van der Waals surface area contributed by atoms with Crippen molar-refractivity contribution >= 4 is 34.9 Å². The van der Waals surface area contributed by atoms with Crippen LogP contribution in [0.25, 0.3) is 17.4 Å². The Hall–Kier alpha value is -2.80. The fraction of sp³-hybridized carbons (Fsp3) is 0.318. The van der Waals surface area contributed by atoms with Crippen LogP contribution in [-0.2, 0) is 9.53 Å². The molecule has 1 aromatic carbocycles. The van der Waals surface area contributed by atoms with E-state index in [4.69, 9.17) is 9.15 Å². The predicted molar refractivity (Wildman–Crippen MR) is 114 cm³/mol. The molecule has 0 N–H and O–H groups in total. The first-order valence-corrected chi connectivity index (χ1v) is 10.6. The highest BCUT2D eigenvalue weighted by Gasteiger charge is 2.27. The maximum atomic E-state index is 12.3. The van der Waals surface area contributed by atoms with Gasteiger partial charge in [-0.2, -0.15) is 4.99 Å². The average Bonchev–Trinajstić information content (AvgIpc) is 3.36. The molecule has 1 fully saturated rings. The lowest BCUT2D eigenvalue weighted by Gasteiger charge is -2.27. The van der Waals surface area contributed by atoms with Gasteiger partial charge in [-0.3, -0.25) is 4.79 Å². The minimum absolute atomic E-state index is 0.215. The van der Waals surface area contributed by atoms with E-state index >= 15 is 0 Å². The van der Waals surface area contributed by atoms with Gasteiger partial charge in [-0.15, -0.1) is 0 Å².